The highest BCUT2D eigenvalue weighted by Gasteiger charge is 1.96. The van der Waals surface area contributed by atoms with Gasteiger partial charge in [-0.05, 0) is 12.8 Å². The largest absolute Gasteiger partial charge is 0.359 e. The van der Waals surface area contributed by atoms with Crippen LogP contribution in [0.4, 0.5) is 0 Å². The van der Waals surface area contributed by atoms with Crippen molar-refractivity contribution in [1.29, 1.82) is 0 Å². The van der Waals surface area contributed by atoms with E-state index in [0.29, 0.717) is 13.0 Å². The van der Waals surface area contributed by atoms with Crippen molar-refractivity contribution < 1.29 is 4.79 Å². The summed E-state index contributed by atoms with van der Waals surface area (Å²) in [7, 11) is 1.62. The van der Waals surface area contributed by atoms with Gasteiger partial charge in [-0.15, -0.1) is 0 Å². The minimum absolute atomic E-state index is 0.0593. The first-order valence-electron chi connectivity index (χ1n) is 3.81. The van der Waals surface area contributed by atoms with Gasteiger partial charge in [-0.2, -0.15) is 4.91 Å². The SMILES string of the molecule is CNC(=O)CCCCCN=O. The molecular weight excluding hydrogens is 144 g/mol. The van der Waals surface area contributed by atoms with Crippen LogP contribution in [0.1, 0.15) is 25.7 Å². The lowest BCUT2D eigenvalue weighted by Gasteiger charge is -1.97. The molecule has 0 heterocycles. The Kier molecular flexibility index (Phi) is 6.57. The average Bonchev–Trinajstić information content (AvgIpc) is 2.04. The predicted molar refractivity (Wildman–Crippen MR) is 43.2 cm³/mol. The van der Waals surface area contributed by atoms with Gasteiger partial charge in [0.1, 0.15) is 0 Å². The highest BCUT2D eigenvalue weighted by molar-refractivity contribution is 5.75. The Morgan fingerprint density at radius 2 is 2.09 bits per heavy atom. The fraction of sp³-hybridized carbons (Fsp3) is 0.857. The molecule has 64 valence electrons. The van der Waals surface area contributed by atoms with E-state index in [-0.39, 0.29) is 5.91 Å². The van der Waals surface area contributed by atoms with Gasteiger partial charge in [0.25, 0.3) is 0 Å². The van der Waals surface area contributed by atoms with Gasteiger partial charge in [0.15, 0.2) is 0 Å². The maximum atomic E-state index is 10.6. The number of carbonyl (C=O) groups excluding carboxylic acids is 1. The van der Waals surface area contributed by atoms with Gasteiger partial charge < -0.3 is 5.32 Å². The van der Waals surface area contributed by atoms with Crippen molar-refractivity contribution in [3.8, 4) is 0 Å². The molecule has 0 aliphatic rings. The minimum atomic E-state index is 0.0593. The van der Waals surface area contributed by atoms with Gasteiger partial charge in [0.2, 0.25) is 5.91 Å². The van der Waals surface area contributed by atoms with Gasteiger partial charge in [-0.25, -0.2) is 0 Å². The molecule has 0 spiro atoms. The van der Waals surface area contributed by atoms with Gasteiger partial charge in [0, 0.05) is 13.5 Å². The van der Waals surface area contributed by atoms with Crippen LogP contribution in [0.15, 0.2) is 5.18 Å². The molecular formula is C7H14N2O2. The third-order valence-corrected chi connectivity index (χ3v) is 1.43. The molecule has 0 aliphatic carbocycles. The van der Waals surface area contributed by atoms with Gasteiger partial charge in [-0.3, -0.25) is 4.79 Å². The Bertz CT molecular complexity index is 126. The van der Waals surface area contributed by atoms with Crippen LogP contribution in [0.5, 0.6) is 0 Å². The average molecular weight is 158 g/mol. The number of nitrogens with zero attached hydrogens (tertiary/aromatic N) is 1. The van der Waals surface area contributed by atoms with Crippen LogP contribution in [0.2, 0.25) is 0 Å². The molecule has 0 rings (SSSR count). The smallest absolute Gasteiger partial charge is 0.219 e. The zero-order valence-electron chi connectivity index (χ0n) is 6.80. The molecule has 1 amide bonds. The normalized spacial score (nSPS) is 9.18. The molecule has 0 unspecified atom stereocenters. The molecule has 0 aromatic rings. The second kappa shape index (κ2) is 7.18. The second-order valence-corrected chi connectivity index (χ2v) is 2.34. The van der Waals surface area contributed by atoms with Crippen molar-refractivity contribution in [2.24, 2.45) is 5.18 Å². The fourth-order valence-electron chi connectivity index (χ4n) is 0.764. The number of nitroso groups, excluding NO2 is 1. The first kappa shape index (κ1) is 10.1. The number of unbranched alkanes of at least 4 members (excludes halogenated alkanes) is 2. The van der Waals surface area contributed by atoms with Gasteiger partial charge in [-0.1, -0.05) is 11.6 Å². The predicted octanol–water partition coefficient (Wildman–Crippen LogP) is 1.06. The highest BCUT2D eigenvalue weighted by Crippen LogP contribution is 1.99. The molecule has 0 aromatic heterocycles. The van der Waals surface area contributed by atoms with E-state index in [0.717, 1.165) is 19.3 Å². The number of hydrogen-bond acceptors (Lipinski definition) is 3. The summed E-state index contributed by atoms with van der Waals surface area (Å²) < 4.78 is 0. The van der Waals surface area contributed by atoms with Gasteiger partial charge in [0.05, 0.1) is 6.54 Å². The zero-order chi connectivity index (χ0) is 8.53. The molecule has 0 aliphatic heterocycles. The quantitative estimate of drug-likeness (QED) is 0.464. The van der Waals surface area contributed by atoms with E-state index < -0.39 is 0 Å². The Morgan fingerprint density at radius 3 is 2.64 bits per heavy atom. The Morgan fingerprint density at radius 1 is 1.36 bits per heavy atom. The maximum Gasteiger partial charge on any atom is 0.219 e. The lowest BCUT2D eigenvalue weighted by molar-refractivity contribution is -0.120. The van der Waals surface area contributed by atoms with E-state index in [1.807, 2.05) is 0 Å². The number of amides is 1. The third kappa shape index (κ3) is 6.96. The Labute approximate surface area is 66.3 Å². The summed E-state index contributed by atoms with van der Waals surface area (Å²) in [5, 5.41) is 5.25. The molecule has 0 radical (unpaired) electrons. The van der Waals surface area contributed by atoms with Crippen LogP contribution in [0.3, 0.4) is 0 Å². The maximum absolute atomic E-state index is 10.6. The van der Waals surface area contributed by atoms with E-state index in [1.165, 1.54) is 0 Å². The summed E-state index contributed by atoms with van der Waals surface area (Å²) in [4.78, 5) is 20.3. The van der Waals surface area contributed by atoms with Crippen LogP contribution >= 0.6 is 0 Å². The summed E-state index contributed by atoms with van der Waals surface area (Å²) >= 11 is 0. The van der Waals surface area contributed by atoms with Crippen LogP contribution in [-0.4, -0.2) is 19.5 Å². The molecule has 0 bridgehead atoms. The number of hydrogen-bond donors (Lipinski definition) is 1. The van der Waals surface area contributed by atoms with Crippen molar-refractivity contribution in [1.82, 2.24) is 5.32 Å². The summed E-state index contributed by atoms with van der Waals surface area (Å²) in [5.74, 6) is 0.0593. The van der Waals surface area contributed by atoms with Crippen LogP contribution < -0.4 is 5.32 Å². The van der Waals surface area contributed by atoms with E-state index in [1.54, 1.807) is 7.05 Å². The molecule has 11 heavy (non-hydrogen) atoms. The lowest BCUT2D eigenvalue weighted by atomic mass is 10.2. The number of nitrogens with one attached hydrogen (secondary N) is 1. The first-order chi connectivity index (χ1) is 5.31. The Balaban J connectivity index is 3.01. The summed E-state index contributed by atoms with van der Waals surface area (Å²) in [5.41, 5.74) is 0. The van der Waals surface area contributed by atoms with Crippen LogP contribution in [-0.2, 0) is 4.79 Å². The third-order valence-electron chi connectivity index (χ3n) is 1.43. The highest BCUT2D eigenvalue weighted by atomic mass is 16.3. The topological polar surface area (TPSA) is 58.5 Å². The minimum Gasteiger partial charge on any atom is -0.359 e. The Hall–Kier alpha value is -0.930. The first-order valence-corrected chi connectivity index (χ1v) is 3.81. The van der Waals surface area contributed by atoms with Crippen molar-refractivity contribution >= 4 is 5.91 Å². The van der Waals surface area contributed by atoms with E-state index >= 15 is 0 Å². The van der Waals surface area contributed by atoms with Gasteiger partial charge >= 0.3 is 0 Å². The molecule has 0 saturated carbocycles. The van der Waals surface area contributed by atoms with Crippen molar-refractivity contribution in [2.75, 3.05) is 13.6 Å². The molecule has 4 heteroatoms. The number of rotatable bonds is 6. The molecule has 0 saturated heterocycles. The van der Waals surface area contributed by atoms with E-state index in [2.05, 4.69) is 10.5 Å². The van der Waals surface area contributed by atoms with Crippen molar-refractivity contribution in [3.05, 3.63) is 4.91 Å². The zero-order valence-corrected chi connectivity index (χ0v) is 6.80. The monoisotopic (exact) mass is 158 g/mol. The van der Waals surface area contributed by atoms with E-state index in [9.17, 15) is 9.70 Å². The molecule has 0 fully saturated rings. The molecule has 1 N–H and O–H groups in total. The van der Waals surface area contributed by atoms with Crippen LogP contribution in [0, 0.1) is 4.91 Å². The second-order valence-electron chi connectivity index (χ2n) is 2.34. The lowest BCUT2D eigenvalue weighted by Crippen LogP contribution is -2.16. The summed E-state index contributed by atoms with van der Waals surface area (Å²) in [6.45, 7) is 0.369. The van der Waals surface area contributed by atoms with E-state index in [4.69, 9.17) is 0 Å². The standard InChI is InChI=1S/C7H14N2O2/c1-8-7(10)5-3-2-4-6-9-11/h2-6H2,1H3,(H,8,10). The molecule has 0 aromatic carbocycles. The van der Waals surface area contributed by atoms with Crippen LogP contribution in [0.25, 0.3) is 0 Å². The summed E-state index contributed by atoms with van der Waals surface area (Å²) in [6, 6.07) is 0. The van der Waals surface area contributed by atoms with Crippen molar-refractivity contribution in [2.45, 2.75) is 25.7 Å². The molecule has 4 nitrogen and oxygen atoms in total. The fourth-order valence-corrected chi connectivity index (χ4v) is 0.764. The summed E-state index contributed by atoms with van der Waals surface area (Å²) in [6.07, 6.45) is 3.09. The molecule has 0 atom stereocenters. The van der Waals surface area contributed by atoms with Crippen molar-refractivity contribution in [3.63, 3.8) is 0 Å². The number of carbonyl (C=O) groups is 1.